The third-order valence-electron chi connectivity index (χ3n) is 3.15. The number of carboxylic acid groups (broad SMARTS) is 1. The molecule has 1 aromatic rings. The summed E-state index contributed by atoms with van der Waals surface area (Å²) in [6, 6.07) is 8.05. The molecule has 1 N–H and O–H groups in total. The predicted octanol–water partition coefficient (Wildman–Crippen LogP) is 4.55. The second kappa shape index (κ2) is 6.42. The van der Waals surface area contributed by atoms with E-state index in [4.69, 9.17) is 0 Å². The molecule has 0 fully saturated rings. The predicted molar refractivity (Wildman–Crippen MR) is 81.5 cm³/mol. The zero-order valence-corrected chi connectivity index (χ0v) is 13.6. The highest BCUT2D eigenvalue weighted by Gasteiger charge is 2.32. The number of amides is 1. The van der Waals surface area contributed by atoms with Crippen LogP contribution in [0.15, 0.2) is 28.7 Å². The maximum absolute atomic E-state index is 11.5. The second-order valence-electron chi connectivity index (χ2n) is 5.72. The van der Waals surface area contributed by atoms with Crippen LogP contribution in [0.25, 0.3) is 0 Å². The maximum Gasteiger partial charge on any atom is 0.407 e. The van der Waals surface area contributed by atoms with E-state index in [9.17, 15) is 9.90 Å². The molecule has 1 rings (SSSR count). The summed E-state index contributed by atoms with van der Waals surface area (Å²) < 4.78 is 1.04. The smallest absolute Gasteiger partial charge is 0.407 e. The molecule has 0 spiro atoms. The normalized spacial score (nSPS) is 13.1. The highest BCUT2D eigenvalue weighted by atomic mass is 79.9. The molecule has 0 aliphatic heterocycles. The van der Waals surface area contributed by atoms with Crippen LogP contribution >= 0.6 is 15.9 Å². The Morgan fingerprint density at radius 1 is 1.32 bits per heavy atom. The Morgan fingerprint density at radius 2 is 1.84 bits per heavy atom. The third-order valence-corrected chi connectivity index (χ3v) is 3.68. The number of rotatable bonds is 4. The molecule has 0 heterocycles. The third kappa shape index (κ3) is 4.53. The van der Waals surface area contributed by atoms with Gasteiger partial charge in [0.1, 0.15) is 0 Å². The molecule has 1 atom stereocenters. The van der Waals surface area contributed by atoms with Crippen LogP contribution < -0.4 is 0 Å². The lowest BCUT2D eigenvalue weighted by Crippen LogP contribution is -2.51. The van der Waals surface area contributed by atoms with Gasteiger partial charge in [0.05, 0.1) is 0 Å². The van der Waals surface area contributed by atoms with Gasteiger partial charge in [-0.25, -0.2) is 4.79 Å². The largest absolute Gasteiger partial charge is 0.465 e. The summed E-state index contributed by atoms with van der Waals surface area (Å²) in [5.41, 5.74) is 0.771. The Bertz CT molecular complexity index is 423. The number of benzene rings is 1. The van der Waals surface area contributed by atoms with Gasteiger partial charge in [0, 0.05) is 16.1 Å². The fourth-order valence-electron chi connectivity index (χ4n) is 2.30. The van der Waals surface area contributed by atoms with E-state index in [-0.39, 0.29) is 11.6 Å². The summed E-state index contributed by atoms with van der Waals surface area (Å²) in [6.07, 6.45) is 0.698. The lowest BCUT2D eigenvalue weighted by molar-refractivity contribution is 0.0686. The van der Waals surface area contributed by atoms with Crippen molar-refractivity contribution in [3.8, 4) is 0 Å². The fourth-order valence-corrected chi connectivity index (χ4v) is 2.57. The molecule has 0 saturated carbocycles. The van der Waals surface area contributed by atoms with Crippen LogP contribution in [0.2, 0.25) is 0 Å². The first-order chi connectivity index (χ1) is 8.75. The lowest BCUT2D eigenvalue weighted by atomic mass is 9.97. The number of hydrogen-bond acceptors (Lipinski definition) is 1. The van der Waals surface area contributed by atoms with Crippen molar-refractivity contribution in [1.29, 1.82) is 0 Å². The van der Waals surface area contributed by atoms with Gasteiger partial charge >= 0.3 is 6.09 Å². The molecule has 0 saturated heterocycles. The molecule has 3 nitrogen and oxygen atoms in total. The Balaban J connectivity index is 2.92. The molecule has 1 aromatic carbocycles. The van der Waals surface area contributed by atoms with Crippen molar-refractivity contribution < 1.29 is 9.90 Å². The van der Waals surface area contributed by atoms with E-state index in [1.807, 2.05) is 52.0 Å². The van der Waals surface area contributed by atoms with Gasteiger partial charge in [0.25, 0.3) is 0 Å². The first-order valence-electron chi connectivity index (χ1n) is 6.52. The van der Waals surface area contributed by atoms with E-state index in [2.05, 4.69) is 15.9 Å². The van der Waals surface area contributed by atoms with Gasteiger partial charge in [-0.15, -0.1) is 0 Å². The topological polar surface area (TPSA) is 40.5 Å². The molecule has 106 valence electrons. The van der Waals surface area contributed by atoms with E-state index in [0.717, 1.165) is 22.9 Å². The number of nitrogens with zero attached hydrogens (tertiary/aromatic N) is 1. The number of halogens is 1. The van der Waals surface area contributed by atoms with Crippen molar-refractivity contribution in [2.24, 2.45) is 0 Å². The fraction of sp³-hybridized carbons (Fsp3) is 0.533. The Kier molecular flexibility index (Phi) is 5.41. The molecule has 0 bridgehead atoms. The minimum Gasteiger partial charge on any atom is -0.465 e. The van der Waals surface area contributed by atoms with Crippen LogP contribution in [0.3, 0.4) is 0 Å². The average Bonchev–Trinajstić information content (AvgIpc) is 2.28. The van der Waals surface area contributed by atoms with Crippen LogP contribution in [0.5, 0.6) is 0 Å². The second-order valence-corrected chi connectivity index (χ2v) is 6.63. The summed E-state index contributed by atoms with van der Waals surface area (Å²) in [4.78, 5) is 13.1. The molecular weight excluding hydrogens is 306 g/mol. The average molecular weight is 328 g/mol. The van der Waals surface area contributed by atoms with Gasteiger partial charge in [-0.3, -0.25) is 0 Å². The highest BCUT2D eigenvalue weighted by molar-refractivity contribution is 9.10. The van der Waals surface area contributed by atoms with Crippen molar-refractivity contribution in [3.05, 3.63) is 34.3 Å². The molecule has 0 unspecified atom stereocenters. The molecule has 19 heavy (non-hydrogen) atoms. The molecule has 0 aliphatic carbocycles. The quantitative estimate of drug-likeness (QED) is 0.881. The van der Waals surface area contributed by atoms with Crippen LogP contribution in [-0.2, 0) is 6.42 Å². The maximum atomic E-state index is 11.5. The van der Waals surface area contributed by atoms with Gasteiger partial charge in [0.2, 0.25) is 0 Å². The highest BCUT2D eigenvalue weighted by Crippen LogP contribution is 2.22. The zero-order valence-electron chi connectivity index (χ0n) is 12.0. The zero-order chi connectivity index (χ0) is 14.6. The monoisotopic (exact) mass is 327 g/mol. The SMILES string of the molecule is CC[C@@H](Cc1ccc(Br)cc1)N(C(=O)O)C(C)(C)C. The first-order valence-corrected chi connectivity index (χ1v) is 7.31. The van der Waals surface area contributed by atoms with Crippen molar-refractivity contribution >= 4 is 22.0 Å². The molecule has 0 aromatic heterocycles. The number of carbonyl (C=O) groups is 1. The van der Waals surface area contributed by atoms with Crippen LogP contribution in [0.4, 0.5) is 4.79 Å². The Morgan fingerprint density at radius 3 is 2.21 bits per heavy atom. The minimum atomic E-state index is -0.850. The summed E-state index contributed by atoms with van der Waals surface area (Å²) in [5.74, 6) is 0. The van der Waals surface area contributed by atoms with E-state index in [1.54, 1.807) is 4.90 Å². The first kappa shape index (κ1) is 16.0. The summed E-state index contributed by atoms with van der Waals surface area (Å²) in [5, 5.41) is 9.45. The summed E-state index contributed by atoms with van der Waals surface area (Å²) in [7, 11) is 0. The van der Waals surface area contributed by atoms with Crippen molar-refractivity contribution in [2.45, 2.75) is 52.1 Å². The van der Waals surface area contributed by atoms with Crippen LogP contribution in [0, 0.1) is 0 Å². The summed E-state index contributed by atoms with van der Waals surface area (Å²) >= 11 is 3.41. The van der Waals surface area contributed by atoms with Crippen LogP contribution in [0.1, 0.15) is 39.7 Å². The van der Waals surface area contributed by atoms with Gasteiger partial charge in [0.15, 0.2) is 0 Å². The van der Waals surface area contributed by atoms with Crippen molar-refractivity contribution in [3.63, 3.8) is 0 Å². The lowest BCUT2D eigenvalue weighted by Gasteiger charge is -2.39. The van der Waals surface area contributed by atoms with E-state index in [0.29, 0.717) is 0 Å². The Labute approximate surface area is 123 Å². The standard InChI is InChI=1S/C15H22BrNO2/c1-5-13(17(14(18)19)15(2,3)4)10-11-6-8-12(16)9-7-11/h6-9,13H,5,10H2,1-4H3,(H,18,19)/t13-/m0/s1. The molecule has 0 radical (unpaired) electrons. The van der Waals surface area contributed by atoms with Crippen molar-refractivity contribution in [1.82, 2.24) is 4.90 Å². The van der Waals surface area contributed by atoms with E-state index >= 15 is 0 Å². The molecule has 0 aliphatic rings. The molecule has 1 amide bonds. The summed E-state index contributed by atoms with van der Waals surface area (Å²) in [6.45, 7) is 7.84. The molecule has 4 heteroatoms. The van der Waals surface area contributed by atoms with Crippen LogP contribution in [-0.4, -0.2) is 27.7 Å². The van der Waals surface area contributed by atoms with Gasteiger partial charge in [-0.05, 0) is 51.3 Å². The van der Waals surface area contributed by atoms with Gasteiger partial charge < -0.3 is 10.0 Å². The number of hydrogen-bond donors (Lipinski definition) is 1. The van der Waals surface area contributed by atoms with Gasteiger partial charge in [-0.2, -0.15) is 0 Å². The van der Waals surface area contributed by atoms with Gasteiger partial charge in [-0.1, -0.05) is 35.0 Å². The van der Waals surface area contributed by atoms with E-state index in [1.165, 1.54) is 0 Å². The van der Waals surface area contributed by atoms with Crippen molar-refractivity contribution in [2.75, 3.05) is 0 Å². The Hall–Kier alpha value is -1.03. The minimum absolute atomic E-state index is 0.00123. The van der Waals surface area contributed by atoms with E-state index < -0.39 is 6.09 Å². The molecular formula is C15H22BrNO2.